The Kier molecular flexibility index (Phi) is 4.31. The minimum absolute atomic E-state index is 0.171. The molecule has 1 aromatic rings. The molecule has 1 saturated heterocycles. The Morgan fingerprint density at radius 2 is 2.24 bits per heavy atom. The van der Waals surface area contributed by atoms with Crippen LogP contribution in [0.1, 0.15) is 11.7 Å². The van der Waals surface area contributed by atoms with E-state index in [2.05, 4.69) is 11.9 Å². The molecule has 2 unspecified atom stereocenters. The summed E-state index contributed by atoms with van der Waals surface area (Å²) in [6.45, 7) is 1.03. The summed E-state index contributed by atoms with van der Waals surface area (Å²) in [5.74, 6) is 2.88. The van der Waals surface area contributed by atoms with Gasteiger partial charge in [0, 0.05) is 29.7 Å². The van der Waals surface area contributed by atoms with Gasteiger partial charge in [0.1, 0.15) is 5.75 Å². The number of rotatable bonds is 3. The van der Waals surface area contributed by atoms with E-state index in [4.69, 9.17) is 4.74 Å². The van der Waals surface area contributed by atoms with Gasteiger partial charge in [0.25, 0.3) is 0 Å². The van der Waals surface area contributed by atoms with Crippen LogP contribution in [0.5, 0.6) is 5.75 Å². The third kappa shape index (κ3) is 2.76. The average Bonchev–Trinajstić information content (AvgIpc) is 2.38. The summed E-state index contributed by atoms with van der Waals surface area (Å²) >= 11 is 1.90. The zero-order chi connectivity index (χ0) is 12.3. The van der Waals surface area contributed by atoms with Gasteiger partial charge < -0.3 is 9.84 Å². The molecular weight excluding hydrogens is 234 g/mol. The van der Waals surface area contributed by atoms with Crippen LogP contribution in [0.25, 0.3) is 0 Å². The van der Waals surface area contributed by atoms with Crippen molar-refractivity contribution in [3.8, 4) is 5.75 Å². The zero-order valence-corrected chi connectivity index (χ0v) is 11.1. The first-order valence-corrected chi connectivity index (χ1v) is 6.98. The third-order valence-electron chi connectivity index (χ3n) is 3.27. The standard InChI is InChI=1S/C13H19NO2S/c1-14-7-8-17-9-11(14)13(15)10-5-3-4-6-12(10)16-2/h3-6,11,13,15H,7-9H2,1-2H3. The Morgan fingerprint density at radius 1 is 1.47 bits per heavy atom. The van der Waals surface area contributed by atoms with Gasteiger partial charge in [0.2, 0.25) is 0 Å². The van der Waals surface area contributed by atoms with Crippen molar-refractivity contribution in [2.45, 2.75) is 12.1 Å². The summed E-state index contributed by atoms with van der Waals surface area (Å²) in [6, 6.07) is 7.88. The highest BCUT2D eigenvalue weighted by Crippen LogP contribution is 2.31. The van der Waals surface area contributed by atoms with Crippen molar-refractivity contribution < 1.29 is 9.84 Å². The minimum atomic E-state index is -0.482. The van der Waals surface area contributed by atoms with Crippen molar-refractivity contribution in [3.05, 3.63) is 29.8 Å². The Labute approximate surface area is 107 Å². The quantitative estimate of drug-likeness (QED) is 0.890. The number of thioether (sulfide) groups is 1. The number of methoxy groups -OCH3 is 1. The molecule has 0 spiro atoms. The molecule has 1 fully saturated rings. The summed E-state index contributed by atoms with van der Waals surface area (Å²) < 4.78 is 5.31. The molecule has 2 atom stereocenters. The van der Waals surface area contributed by atoms with Gasteiger partial charge in [0.05, 0.1) is 13.2 Å². The lowest BCUT2D eigenvalue weighted by molar-refractivity contribution is 0.0738. The maximum Gasteiger partial charge on any atom is 0.124 e. The number of benzene rings is 1. The molecule has 0 saturated carbocycles. The lowest BCUT2D eigenvalue weighted by Crippen LogP contribution is -2.43. The van der Waals surface area contributed by atoms with E-state index in [1.807, 2.05) is 36.0 Å². The maximum atomic E-state index is 10.5. The number of nitrogens with zero attached hydrogens (tertiary/aromatic N) is 1. The van der Waals surface area contributed by atoms with Crippen molar-refractivity contribution in [1.82, 2.24) is 4.90 Å². The number of hydrogen-bond acceptors (Lipinski definition) is 4. The average molecular weight is 253 g/mol. The first-order valence-electron chi connectivity index (χ1n) is 5.83. The van der Waals surface area contributed by atoms with Crippen LogP contribution in [0.3, 0.4) is 0 Å². The van der Waals surface area contributed by atoms with Crippen LogP contribution < -0.4 is 4.74 Å². The van der Waals surface area contributed by atoms with Crippen LogP contribution in [-0.4, -0.2) is 48.3 Å². The van der Waals surface area contributed by atoms with E-state index in [1.54, 1.807) is 7.11 Å². The Bertz CT molecular complexity index is 372. The molecule has 1 aromatic carbocycles. The van der Waals surface area contributed by atoms with Crippen LogP contribution in [0.2, 0.25) is 0 Å². The molecule has 0 amide bonds. The second-order valence-electron chi connectivity index (χ2n) is 4.31. The number of aliphatic hydroxyl groups is 1. The van der Waals surface area contributed by atoms with E-state index >= 15 is 0 Å². The molecule has 3 nitrogen and oxygen atoms in total. The van der Waals surface area contributed by atoms with Gasteiger partial charge in [-0.3, -0.25) is 4.90 Å². The molecule has 1 heterocycles. The lowest BCUT2D eigenvalue weighted by Gasteiger charge is -2.35. The van der Waals surface area contributed by atoms with E-state index < -0.39 is 6.10 Å². The Hall–Kier alpha value is -0.710. The monoisotopic (exact) mass is 253 g/mol. The lowest BCUT2D eigenvalue weighted by atomic mass is 10.0. The second-order valence-corrected chi connectivity index (χ2v) is 5.46. The molecule has 0 aliphatic carbocycles. The topological polar surface area (TPSA) is 32.7 Å². The van der Waals surface area contributed by atoms with Gasteiger partial charge in [-0.2, -0.15) is 11.8 Å². The molecule has 0 bridgehead atoms. The Balaban J connectivity index is 2.20. The number of likely N-dealkylation sites (N-methyl/N-ethyl adjacent to an activating group) is 1. The molecule has 94 valence electrons. The fourth-order valence-corrected chi connectivity index (χ4v) is 3.42. The van der Waals surface area contributed by atoms with E-state index in [1.165, 1.54) is 0 Å². The number of ether oxygens (including phenoxy) is 1. The van der Waals surface area contributed by atoms with Crippen LogP contribution in [-0.2, 0) is 0 Å². The summed E-state index contributed by atoms with van der Waals surface area (Å²) in [5, 5.41) is 10.5. The summed E-state index contributed by atoms with van der Waals surface area (Å²) in [6.07, 6.45) is -0.482. The fourth-order valence-electron chi connectivity index (χ4n) is 2.16. The number of aliphatic hydroxyl groups excluding tert-OH is 1. The minimum Gasteiger partial charge on any atom is -0.496 e. The molecule has 0 aromatic heterocycles. The van der Waals surface area contributed by atoms with E-state index in [9.17, 15) is 5.11 Å². The van der Waals surface area contributed by atoms with Crippen LogP contribution in [0.15, 0.2) is 24.3 Å². The molecular formula is C13H19NO2S. The summed E-state index contributed by atoms with van der Waals surface area (Å²) in [4.78, 5) is 2.23. The Morgan fingerprint density at radius 3 is 2.94 bits per heavy atom. The highest BCUT2D eigenvalue weighted by atomic mass is 32.2. The van der Waals surface area contributed by atoms with Gasteiger partial charge in [-0.05, 0) is 13.1 Å². The highest BCUT2D eigenvalue weighted by Gasteiger charge is 2.29. The largest absolute Gasteiger partial charge is 0.496 e. The van der Waals surface area contributed by atoms with E-state index in [-0.39, 0.29) is 6.04 Å². The van der Waals surface area contributed by atoms with Crippen molar-refractivity contribution in [1.29, 1.82) is 0 Å². The molecule has 1 aliphatic heterocycles. The first-order chi connectivity index (χ1) is 8.24. The SMILES string of the molecule is COc1ccccc1C(O)C1CSCCN1C. The smallest absolute Gasteiger partial charge is 0.124 e. The predicted molar refractivity (Wildman–Crippen MR) is 71.7 cm³/mol. The normalized spacial score (nSPS) is 23.4. The third-order valence-corrected chi connectivity index (χ3v) is 4.31. The molecule has 4 heteroatoms. The van der Waals surface area contributed by atoms with Crippen LogP contribution >= 0.6 is 11.8 Å². The second kappa shape index (κ2) is 5.76. The van der Waals surface area contributed by atoms with Gasteiger partial charge in [-0.1, -0.05) is 18.2 Å². The van der Waals surface area contributed by atoms with Gasteiger partial charge in [-0.25, -0.2) is 0 Å². The summed E-state index contributed by atoms with van der Waals surface area (Å²) in [5.41, 5.74) is 0.884. The van der Waals surface area contributed by atoms with Crippen LogP contribution in [0.4, 0.5) is 0 Å². The predicted octanol–water partition coefficient (Wildman–Crippen LogP) is 1.78. The molecule has 1 N–H and O–H groups in total. The molecule has 1 aliphatic rings. The van der Waals surface area contributed by atoms with Crippen molar-refractivity contribution in [2.75, 3.05) is 32.2 Å². The van der Waals surface area contributed by atoms with Gasteiger partial charge >= 0.3 is 0 Å². The van der Waals surface area contributed by atoms with Crippen molar-refractivity contribution >= 4 is 11.8 Å². The number of para-hydroxylation sites is 1. The molecule has 17 heavy (non-hydrogen) atoms. The fraction of sp³-hybridized carbons (Fsp3) is 0.538. The van der Waals surface area contributed by atoms with Crippen LogP contribution in [0, 0.1) is 0 Å². The van der Waals surface area contributed by atoms with E-state index in [0.717, 1.165) is 29.4 Å². The summed E-state index contributed by atoms with van der Waals surface area (Å²) in [7, 11) is 3.72. The maximum absolute atomic E-state index is 10.5. The van der Waals surface area contributed by atoms with E-state index in [0.29, 0.717) is 0 Å². The zero-order valence-electron chi connectivity index (χ0n) is 10.3. The first kappa shape index (κ1) is 12.7. The molecule has 0 radical (unpaired) electrons. The number of hydrogen-bond donors (Lipinski definition) is 1. The molecule has 2 rings (SSSR count). The highest BCUT2D eigenvalue weighted by molar-refractivity contribution is 7.99. The van der Waals surface area contributed by atoms with Gasteiger partial charge in [0.15, 0.2) is 0 Å². The van der Waals surface area contributed by atoms with Crippen molar-refractivity contribution in [2.24, 2.45) is 0 Å². The van der Waals surface area contributed by atoms with Gasteiger partial charge in [-0.15, -0.1) is 0 Å². The van der Waals surface area contributed by atoms with Crippen molar-refractivity contribution in [3.63, 3.8) is 0 Å².